The fourth-order valence-corrected chi connectivity index (χ4v) is 2.07. The summed E-state index contributed by atoms with van der Waals surface area (Å²) in [5.41, 5.74) is 1.34. The van der Waals surface area contributed by atoms with E-state index in [4.69, 9.17) is 9.84 Å². The van der Waals surface area contributed by atoms with E-state index in [9.17, 15) is 9.59 Å². The Morgan fingerprint density at radius 1 is 1.35 bits per heavy atom. The lowest BCUT2D eigenvalue weighted by Gasteiger charge is -2.11. The number of aromatic nitrogens is 3. The third kappa shape index (κ3) is 3.47. The Balaban J connectivity index is 2.24. The van der Waals surface area contributed by atoms with E-state index in [0.29, 0.717) is 11.4 Å². The number of methoxy groups -OCH3 is 1. The number of benzene rings is 1. The van der Waals surface area contributed by atoms with Crippen molar-refractivity contribution in [3.63, 3.8) is 0 Å². The molecule has 1 amide bonds. The lowest BCUT2D eigenvalue weighted by Crippen LogP contribution is -2.40. The predicted octanol–water partition coefficient (Wildman–Crippen LogP) is 1.18. The van der Waals surface area contributed by atoms with Crippen LogP contribution < -0.4 is 10.1 Å². The molecule has 2 rings (SSSR count). The Morgan fingerprint density at radius 3 is 2.52 bits per heavy atom. The van der Waals surface area contributed by atoms with Crippen molar-refractivity contribution < 1.29 is 19.4 Å². The van der Waals surface area contributed by atoms with Gasteiger partial charge in [-0.15, -0.1) is 5.10 Å². The Hall–Kier alpha value is -2.90. The first-order valence-electron chi connectivity index (χ1n) is 7.08. The number of hydrogen-bond acceptors (Lipinski definition) is 5. The number of carboxylic acids is 1. The van der Waals surface area contributed by atoms with Crippen LogP contribution in [0.3, 0.4) is 0 Å². The number of carboxylic acid groups (broad SMARTS) is 1. The quantitative estimate of drug-likeness (QED) is 0.828. The smallest absolute Gasteiger partial charge is 0.326 e. The summed E-state index contributed by atoms with van der Waals surface area (Å²) < 4.78 is 6.60. The Labute approximate surface area is 133 Å². The fraction of sp³-hybridized carbons (Fsp3) is 0.333. The summed E-state index contributed by atoms with van der Waals surface area (Å²) >= 11 is 0. The van der Waals surface area contributed by atoms with Crippen molar-refractivity contribution >= 4 is 11.9 Å². The van der Waals surface area contributed by atoms with Gasteiger partial charge in [0.15, 0.2) is 5.69 Å². The molecule has 0 aliphatic heterocycles. The van der Waals surface area contributed by atoms with Crippen LogP contribution >= 0.6 is 0 Å². The molecule has 8 heteroatoms. The Kier molecular flexibility index (Phi) is 4.95. The molecule has 0 radical (unpaired) electrons. The highest BCUT2D eigenvalue weighted by atomic mass is 16.5. The van der Waals surface area contributed by atoms with E-state index in [0.717, 1.165) is 5.69 Å². The highest BCUT2D eigenvalue weighted by Crippen LogP contribution is 2.16. The summed E-state index contributed by atoms with van der Waals surface area (Å²) in [5.74, 6) is -0.936. The minimum atomic E-state index is -1.08. The van der Waals surface area contributed by atoms with E-state index in [1.165, 1.54) is 4.68 Å². The molecule has 1 aromatic heterocycles. The molecular formula is C15H18N4O4. The third-order valence-corrected chi connectivity index (χ3v) is 3.44. The minimum absolute atomic E-state index is 0.0977. The van der Waals surface area contributed by atoms with Crippen LogP contribution in [0.4, 0.5) is 0 Å². The molecule has 0 bridgehead atoms. The average molecular weight is 318 g/mol. The Bertz CT molecular complexity index is 709. The second-order valence-electron chi connectivity index (χ2n) is 4.91. The van der Waals surface area contributed by atoms with E-state index in [1.54, 1.807) is 45.2 Å². The molecule has 0 aliphatic rings. The predicted molar refractivity (Wildman–Crippen MR) is 81.8 cm³/mol. The standard InChI is InChI=1S/C15H18N4O4/c1-4-12(15(21)22)16-14(20)13-9(2)19(18-17-13)10-5-7-11(23-3)8-6-10/h5-8,12H,4H2,1-3H3,(H,16,20)(H,21,22). The van der Waals surface area contributed by atoms with Crippen molar-refractivity contribution in [1.82, 2.24) is 20.3 Å². The van der Waals surface area contributed by atoms with Gasteiger partial charge in [0, 0.05) is 0 Å². The summed E-state index contributed by atoms with van der Waals surface area (Å²) in [6.07, 6.45) is 0.284. The molecule has 122 valence electrons. The van der Waals surface area contributed by atoms with Crippen LogP contribution in [-0.4, -0.2) is 45.1 Å². The van der Waals surface area contributed by atoms with E-state index < -0.39 is 17.9 Å². The second kappa shape index (κ2) is 6.91. The van der Waals surface area contributed by atoms with Gasteiger partial charge in [0.2, 0.25) is 0 Å². The van der Waals surface area contributed by atoms with Gasteiger partial charge in [-0.3, -0.25) is 4.79 Å². The van der Waals surface area contributed by atoms with Gasteiger partial charge >= 0.3 is 5.97 Å². The number of carbonyl (C=O) groups excluding carboxylic acids is 1. The summed E-state index contributed by atoms with van der Waals surface area (Å²) in [6.45, 7) is 3.38. The highest BCUT2D eigenvalue weighted by Gasteiger charge is 2.23. The molecule has 0 spiro atoms. The van der Waals surface area contributed by atoms with Crippen LogP contribution in [0, 0.1) is 6.92 Å². The number of hydrogen-bond donors (Lipinski definition) is 2. The number of aliphatic carboxylic acids is 1. The first kappa shape index (κ1) is 16.5. The number of ether oxygens (including phenoxy) is 1. The monoisotopic (exact) mass is 318 g/mol. The van der Waals surface area contributed by atoms with Gasteiger partial charge in [0.05, 0.1) is 18.5 Å². The molecular weight excluding hydrogens is 300 g/mol. The zero-order chi connectivity index (χ0) is 17.0. The Morgan fingerprint density at radius 2 is 2.00 bits per heavy atom. The lowest BCUT2D eigenvalue weighted by atomic mass is 10.2. The highest BCUT2D eigenvalue weighted by molar-refractivity contribution is 5.95. The van der Waals surface area contributed by atoms with E-state index >= 15 is 0 Å². The minimum Gasteiger partial charge on any atom is -0.497 e. The number of nitrogens with zero attached hydrogens (tertiary/aromatic N) is 3. The number of carbonyl (C=O) groups is 2. The molecule has 1 atom stereocenters. The van der Waals surface area contributed by atoms with Gasteiger partial charge in [-0.05, 0) is 37.6 Å². The van der Waals surface area contributed by atoms with E-state index in [-0.39, 0.29) is 12.1 Å². The van der Waals surface area contributed by atoms with Crippen LogP contribution in [0.2, 0.25) is 0 Å². The number of amides is 1. The molecule has 1 heterocycles. The van der Waals surface area contributed by atoms with Crippen molar-refractivity contribution in [2.24, 2.45) is 0 Å². The largest absolute Gasteiger partial charge is 0.497 e. The summed E-state index contributed by atoms with van der Waals surface area (Å²) in [5, 5.41) is 19.3. The fourth-order valence-electron chi connectivity index (χ4n) is 2.07. The molecule has 0 saturated carbocycles. The molecule has 0 fully saturated rings. The lowest BCUT2D eigenvalue weighted by molar-refractivity contribution is -0.139. The van der Waals surface area contributed by atoms with Gasteiger partial charge in [-0.25, -0.2) is 9.48 Å². The van der Waals surface area contributed by atoms with Crippen LogP contribution in [0.5, 0.6) is 5.75 Å². The van der Waals surface area contributed by atoms with Crippen LogP contribution in [0.25, 0.3) is 5.69 Å². The first-order chi connectivity index (χ1) is 11.0. The first-order valence-corrected chi connectivity index (χ1v) is 7.08. The van der Waals surface area contributed by atoms with Crippen molar-refractivity contribution in [3.8, 4) is 11.4 Å². The molecule has 0 saturated heterocycles. The van der Waals surface area contributed by atoms with Gasteiger partial charge in [-0.2, -0.15) is 0 Å². The van der Waals surface area contributed by atoms with E-state index in [1.807, 2.05) is 0 Å². The number of rotatable bonds is 6. The molecule has 1 unspecified atom stereocenters. The molecule has 23 heavy (non-hydrogen) atoms. The van der Waals surface area contributed by atoms with Gasteiger partial charge in [0.25, 0.3) is 5.91 Å². The maximum Gasteiger partial charge on any atom is 0.326 e. The second-order valence-corrected chi connectivity index (χ2v) is 4.91. The SMILES string of the molecule is CCC(NC(=O)c1nnn(-c2ccc(OC)cc2)c1C)C(=O)O. The third-order valence-electron chi connectivity index (χ3n) is 3.44. The van der Waals surface area contributed by atoms with Crippen LogP contribution in [-0.2, 0) is 4.79 Å². The van der Waals surface area contributed by atoms with Gasteiger partial charge in [-0.1, -0.05) is 12.1 Å². The number of nitrogens with one attached hydrogen (secondary N) is 1. The van der Waals surface area contributed by atoms with Gasteiger partial charge < -0.3 is 15.2 Å². The molecule has 0 aliphatic carbocycles. The average Bonchev–Trinajstić information content (AvgIpc) is 2.93. The van der Waals surface area contributed by atoms with E-state index in [2.05, 4.69) is 15.6 Å². The molecule has 8 nitrogen and oxygen atoms in total. The van der Waals surface area contributed by atoms with Crippen LogP contribution in [0.1, 0.15) is 29.5 Å². The van der Waals surface area contributed by atoms with Crippen molar-refractivity contribution in [3.05, 3.63) is 35.7 Å². The normalized spacial score (nSPS) is 11.8. The topological polar surface area (TPSA) is 106 Å². The summed E-state index contributed by atoms with van der Waals surface area (Å²) in [6, 6.07) is 6.16. The van der Waals surface area contributed by atoms with Crippen molar-refractivity contribution in [2.75, 3.05) is 7.11 Å². The maximum absolute atomic E-state index is 12.2. The molecule has 2 N–H and O–H groups in total. The zero-order valence-electron chi connectivity index (χ0n) is 13.1. The zero-order valence-corrected chi connectivity index (χ0v) is 13.1. The molecule has 2 aromatic rings. The van der Waals surface area contributed by atoms with Gasteiger partial charge in [0.1, 0.15) is 11.8 Å². The summed E-state index contributed by atoms with van der Waals surface area (Å²) in [7, 11) is 1.57. The summed E-state index contributed by atoms with van der Waals surface area (Å²) in [4.78, 5) is 23.2. The van der Waals surface area contributed by atoms with Crippen molar-refractivity contribution in [1.29, 1.82) is 0 Å². The maximum atomic E-state index is 12.2. The van der Waals surface area contributed by atoms with Crippen molar-refractivity contribution in [2.45, 2.75) is 26.3 Å². The van der Waals surface area contributed by atoms with Crippen LogP contribution in [0.15, 0.2) is 24.3 Å². The molecule has 1 aromatic carbocycles.